The number of carbonyl (C=O) groups is 1. The maximum atomic E-state index is 12.9. The molecule has 0 saturated heterocycles. The second-order valence-electron chi connectivity index (χ2n) is 7.68. The van der Waals surface area contributed by atoms with Crippen molar-refractivity contribution in [1.82, 2.24) is 10.2 Å². The molecule has 2 atom stereocenters. The molecule has 1 aliphatic carbocycles. The largest absolute Gasteiger partial charge is 0.392 e. The number of nitrogens with one attached hydrogen (secondary N) is 1. The summed E-state index contributed by atoms with van der Waals surface area (Å²) in [5.41, 5.74) is 2.81. The third-order valence-electron chi connectivity index (χ3n) is 5.70. The molecule has 0 radical (unpaired) electrons. The average molecular weight is 344 g/mol. The van der Waals surface area contributed by atoms with Crippen LogP contribution in [0.25, 0.3) is 0 Å². The molecule has 1 amide bonds. The number of aliphatic hydroxyl groups is 1. The van der Waals surface area contributed by atoms with Crippen molar-refractivity contribution in [2.75, 3.05) is 19.6 Å². The minimum absolute atomic E-state index is 0.253. The number of aliphatic hydroxyl groups excluding tert-OH is 1. The van der Waals surface area contributed by atoms with Crippen LogP contribution in [0.5, 0.6) is 0 Å². The maximum Gasteiger partial charge on any atom is 0.224 e. The van der Waals surface area contributed by atoms with Crippen molar-refractivity contribution in [3.63, 3.8) is 0 Å². The van der Waals surface area contributed by atoms with Crippen molar-refractivity contribution < 1.29 is 9.90 Å². The van der Waals surface area contributed by atoms with Gasteiger partial charge in [0.05, 0.1) is 12.1 Å². The molecule has 0 aromatic heterocycles. The van der Waals surface area contributed by atoms with Gasteiger partial charge < -0.3 is 15.3 Å². The lowest BCUT2D eigenvalue weighted by molar-refractivity contribution is -0.135. The van der Waals surface area contributed by atoms with Gasteiger partial charge in [-0.1, -0.05) is 43.5 Å². The zero-order valence-corrected chi connectivity index (χ0v) is 15.4. The monoisotopic (exact) mass is 344 g/mol. The van der Waals surface area contributed by atoms with Gasteiger partial charge >= 0.3 is 0 Å². The lowest BCUT2D eigenvalue weighted by Crippen LogP contribution is -2.44. The first-order chi connectivity index (χ1) is 12.2. The maximum absolute atomic E-state index is 12.9. The number of fused-ring (bicyclic) bond motifs is 1. The quantitative estimate of drug-likeness (QED) is 0.780. The highest BCUT2D eigenvalue weighted by molar-refractivity contribution is 5.77. The van der Waals surface area contributed by atoms with Gasteiger partial charge in [-0.25, -0.2) is 0 Å². The van der Waals surface area contributed by atoms with Crippen molar-refractivity contribution in [3.8, 4) is 0 Å². The summed E-state index contributed by atoms with van der Waals surface area (Å²) >= 11 is 0. The number of hydrogen-bond acceptors (Lipinski definition) is 3. The Morgan fingerprint density at radius 1 is 1.28 bits per heavy atom. The topological polar surface area (TPSA) is 52.6 Å². The Kier molecular flexibility index (Phi) is 6.49. The molecule has 4 nitrogen and oxygen atoms in total. The normalized spacial score (nSPS) is 22.5. The summed E-state index contributed by atoms with van der Waals surface area (Å²) < 4.78 is 0. The van der Waals surface area contributed by atoms with E-state index in [4.69, 9.17) is 0 Å². The van der Waals surface area contributed by atoms with Gasteiger partial charge in [0.25, 0.3) is 0 Å². The van der Waals surface area contributed by atoms with Crippen molar-refractivity contribution in [1.29, 1.82) is 0 Å². The van der Waals surface area contributed by atoms with Crippen molar-refractivity contribution in [2.24, 2.45) is 5.92 Å². The molecular formula is C21H32N2O2. The van der Waals surface area contributed by atoms with Crippen LogP contribution in [0.2, 0.25) is 0 Å². The zero-order chi connectivity index (χ0) is 17.6. The first-order valence-corrected chi connectivity index (χ1v) is 9.93. The molecule has 1 aromatic rings. The molecule has 1 saturated carbocycles. The van der Waals surface area contributed by atoms with Crippen molar-refractivity contribution >= 4 is 5.91 Å². The highest BCUT2D eigenvalue weighted by atomic mass is 16.3. The van der Waals surface area contributed by atoms with Gasteiger partial charge in [0.1, 0.15) is 0 Å². The van der Waals surface area contributed by atoms with E-state index >= 15 is 0 Å². The molecule has 2 N–H and O–H groups in total. The number of amides is 1. The van der Waals surface area contributed by atoms with Gasteiger partial charge in [-0.15, -0.1) is 0 Å². The fourth-order valence-electron chi connectivity index (χ4n) is 4.49. The van der Waals surface area contributed by atoms with E-state index in [-0.39, 0.29) is 18.1 Å². The molecule has 0 spiro atoms. The fourth-order valence-corrected chi connectivity index (χ4v) is 4.49. The van der Waals surface area contributed by atoms with E-state index in [1.165, 1.54) is 43.2 Å². The fraction of sp³-hybridized carbons (Fsp3) is 0.667. The van der Waals surface area contributed by atoms with Gasteiger partial charge in [-0.2, -0.15) is 0 Å². The lowest BCUT2D eigenvalue weighted by atomic mass is 9.77. The van der Waals surface area contributed by atoms with Crippen LogP contribution in [-0.2, 0) is 11.2 Å². The minimum Gasteiger partial charge on any atom is -0.392 e. The van der Waals surface area contributed by atoms with Crippen molar-refractivity contribution in [2.45, 2.75) is 64.0 Å². The molecular weight excluding hydrogens is 312 g/mol. The van der Waals surface area contributed by atoms with E-state index in [2.05, 4.69) is 34.5 Å². The van der Waals surface area contributed by atoms with E-state index in [0.717, 1.165) is 13.0 Å². The lowest BCUT2D eigenvalue weighted by Gasteiger charge is -2.43. The summed E-state index contributed by atoms with van der Waals surface area (Å²) in [6.07, 6.45) is 7.51. The molecule has 1 aliphatic heterocycles. The molecule has 2 aliphatic rings. The van der Waals surface area contributed by atoms with Gasteiger partial charge in [-0.05, 0) is 43.2 Å². The Hall–Kier alpha value is -1.39. The van der Waals surface area contributed by atoms with Gasteiger partial charge in [0.2, 0.25) is 5.91 Å². The van der Waals surface area contributed by atoms with Crippen LogP contribution >= 0.6 is 0 Å². The number of rotatable bonds is 6. The van der Waals surface area contributed by atoms with E-state index in [9.17, 15) is 9.90 Å². The van der Waals surface area contributed by atoms with Crippen LogP contribution in [0, 0.1) is 5.92 Å². The average Bonchev–Trinajstić information content (AvgIpc) is 2.64. The SMILES string of the molecule is C[C@@H](O)CNCCC(=O)N1CCc2ccccc2C1C1CCCCC1. The Balaban J connectivity index is 1.71. The second kappa shape index (κ2) is 8.81. The summed E-state index contributed by atoms with van der Waals surface area (Å²) in [6, 6.07) is 8.97. The Bertz CT molecular complexity index is 567. The summed E-state index contributed by atoms with van der Waals surface area (Å²) in [5.74, 6) is 0.854. The summed E-state index contributed by atoms with van der Waals surface area (Å²) in [4.78, 5) is 15.1. The van der Waals surface area contributed by atoms with Crippen LogP contribution in [0.15, 0.2) is 24.3 Å². The predicted molar refractivity (Wildman–Crippen MR) is 100 cm³/mol. The van der Waals surface area contributed by atoms with Crippen LogP contribution in [0.4, 0.5) is 0 Å². The third-order valence-corrected chi connectivity index (χ3v) is 5.70. The number of nitrogens with zero attached hydrogens (tertiary/aromatic N) is 1. The molecule has 4 heteroatoms. The van der Waals surface area contributed by atoms with Gasteiger partial charge in [-0.3, -0.25) is 4.79 Å². The predicted octanol–water partition coefficient (Wildman–Crippen LogP) is 3.05. The highest BCUT2D eigenvalue weighted by Crippen LogP contribution is 2.42. The van der Waals surface area contributed by atoms with E-state index in [0.29, 0.717) is 25.4 Å². The smallest absolute Gasteiger partial charge is 0.224 e. The van der Waals surface area contributed by atoms with Gasteiger partial charge in [0, 0.05) is 26.1 Å². The van der Waals surface area contributed by atoms with E-state index in [1.54, 1.807) is 6.92 Å². The summed E-state index contributed by atoms with van der Waals surface area (Å²) in [5, 5.41) is 12.5. The molecule has 1 aromatic carbocycles. The zero-order valence-electron chi connectivity index (χ0n) is 15.4. The highest BCUT2D eigenvalue weighted by Gasteiger charge is 2.36. The first kappa shape index (κ1) is 18.4. The van der Waals surface area contributed by atoms with Crippen LogP contribution in [0.1, 0.15) is 62.6 Å². The molecule has 1 unspecified atom stereocenters. The van der Waals surface area contributed by atoms with Crippen LogP contribution < -0.4 is 5.32 Å². The minimum atomic E-state index is -0.369. The van der Waals surface area contributed by atoms with Crippen molar-refractivity contribution in [3.05, 3.63) is 35.4 Å². The third kappa shape index (κ3) is 4.62. The molecule has 1 fully saturated rings. The Morgan fingerprint density at radius 2 is 2.04 bits per heavy atom. The molecule has 3 rings (SSSR count). The molecule has 0 bridgehead atoms. The first-order valence-electron chi connectivity index (χ1n) is 9.93. The molecule has 1 heterocycles. The number of hydrogen-bond donors (Lipinski definition) is 2. The number of benzene rings is 1. The summed E-state index contributed by atoms with van der Waals surface area (Å²) in [6.45, 7) is 3.78. The Morgan fingerprint density at radius 3 is 2.80 bits per heavy atom. The van der Waals surface area contributed by atoms with E-state index < -0.39 is 0 Å². The molecule has 25 heavy (non-hydrogen) atoms. The van der Waals surface area contributed by atoms with Gasteiger partial charge in [0.15, 0.2) is 0 Å². The molecule has 138 valence electrons. The van der Waals surface area contributed by atoms with E-state index in [1.807, 2.05) is 0 Å². The van der Waals surface area contributed by atoms with Crippen LogP contribution in [0.3, 0.4) is 0 Å². The Labute approximate surface area is 151 Å². The van der Waals surface area contributed by atoms with Crippen LogP contribution in [-0.4, -0.2) is 41.7 Å². The summed E-state index contributed by atoms with van der Waals surface area (Å²) in [7, 11) is 0. The standard InChI is InChI=1S/C21H32N2O2/c1-16(24)15-22-13-11-20(25)23-14-12-17-7-5-6-10-19(17)21(23)18-8-3-2-4-9-18/h5-7,10,16,18,21-22,24H,2-4,8-9,11-15H2,1H3/t16-,21?/m1/s1. The second-order valence-corrected chi connectivity index (χ2v) is 7.68. The number of carbonyl (C=O) groups excluding carboxylic acids is 1.